The van der Waals surface area contributed by atoms with E-state index in [2.05, 4.69) is 22.8 Å². The van der Waals surface area contributed by atoms with Gasteiger partial charge in [-0.3, -0.25) is 0 Å². The van der Waals surface area contributed by atoms with Crippen LogP contribution in [0, 0.1) is 5.92 Å². The number of ether oxygens (including phenoxy) is 1. The molecule has 0 unspecified atom stereocenters. The van der Waals surface area contributed by atoms with Gasteiger partial charge in [0.05, 0.1) is 6.04 Å². The highest BCUT2D eigenvalue weighted by Gasteiger charge is 2.38. The van der Waals surface area contributed by atoms with Crippen molar-refractivity contribution >= 4 is 23.5 Å². The first kappa shape index (κ1) is 21.5. The number of hydrogen-bond donors (Lipinski definition) is 3. The maximum absolute atomic E-state index is 12.1. The van der Waals surface area contributed by atoms with Gasteiger partial charge < -0.3 is 20.5 Å². The summed E-state index contributed by atoms with van der Waals surface area (Å²) >= 11 is 1.77. The Hall–Kier alpha value is -2.18. The average Bonchev–Trinajstić information content (AvgIpc) is 3.50. The lowest BCUT2D eigenvalue weighted by atomic mass is 10.1. The Morgan fingerprint density at radius 1 is 1.14 bits per heavy atom. The number of carbonyl (C=O) groups excluding carboxylic acids is 1. The van der Waals surface area contributed by atoms with Crippen LogP contribution in [0.1, 0.15) is 39.2 Å². The quantitative estimate of drug-likeness (QED) is 0.418. The van der Waals surface area contributed by atoms with E-state index in [1.54, 1.807) is 11.8 Å². The lowest BCUT2D eigenvalue weighted by Crippen LogP contribution is -2.49. The number of benzene rings is 2. The molecule has 29 heavy (non-hydrogen) atoms. The Morgan fingerprint density at radius 2 is 1.79 bits per heavy atom. The zero-order chi connectivity index (χ0) is 20.9. The smallest absolute Gasteiger partial charge is 0.408 e. The van der Waals surface area contributed by atoms with E-state index < -0.39 is 17.9 Å². The van der Waals surface area contributed by atoms with Crippen LogP contribution in [0.4, 0.5) is 10.5 Å². The first-order chi connectivity index (χ1) is 13.8. The van der Waals surface area contributed by atoms with Crippen LogP contribution in [0.15, 0.2) is 59.5 Å². The van der Waals surface area contributed by atoms with Crippen molar-refractivity contribution in [3.8, 4) is 0 Å². The minimum Gasteiger partial charge on any atom is -0.444 e. The lowest BCUT2D eigenvalue weighted by molar-refractivity contribution is 0.0427. The molecule has 156 valence electrons. The van der Waals surface area contributed by atoms with Crippen molar-refractivity contribution in [2.24, 2.45) is 5.92 Å². The molecule has 1 aliphatic rings. The number of nitrogens with one attached hydrogen (secondary N) is 2. The van der Waals surface area contributed by atoms with Gasteiger partial charge in [-0.2, -0.15) is 0 Å². The molecule has 3 N–H and O–H groups in total. The van der Waals surface area contributed by atoms with E-state index in [9.17, 15) is 9.90 Å². The third-order valence-electron chi connectivity index (χ3n) is 4.57. The monoisotopic (exact) mass is 414 g/mol. The van der Waals surface area contributed by atoms with Crippen molar-refractivity contribution in [1.82, 2.24) is 5.32 Å². The van der Waals surface area contributed by atoms with Crippen molar-refractivity contribution in [3.63, 3.8) is 0 Å². The number of rotatable bonds is 8. The molecule has 2 aromatic carbocycles. The fourth-order valence-corrected chi connectivity index (χ4v) is 3.86. The Morgan fingerprint density at radius 3 is 2.38 bits per heavy atom. The Bertz CT molecular complexity index is 786. The van der Waals surface area contributed by atoms with Crippen LogP contribution in [0.5, 0.6) is 0 Å². The molecular weight excluding hydrogens is 384 g/mol. The van der Waals surface area contributed by atoms with Gasteiger partial charge in [-0.1, -0.05) is 30.3 Å². The molecule has 0 bridgehead atoms. The topological polar surface area (TPSA) is 70.6 Å². The molecule has 0 aliphatic heterocycles. The zero-order valence-electron chi connectivity index (χ0n) is 17.2. The summed E-state index contributed by atoms with van der Waals surface area (Å²) in [5, 5.41) is 16.6. The van der Waals surface area contributed by atoms with E-state index in [0.717, 1.165) is 24.3 Å². The number of carbonyl (C=O) groups is 1. The highest BCUT2D eigenvalue weighted by Crippen LogP contribution is 2.34. The van der Waals surface area contributed by atoms with Crippen molar-refractivity contribution in [1.29, 1.82) is 0 Å². The standard InChI is InChI=1S/C23H30N2O3S/c1-23(2,3)28-22(27)25-20(17-9-10-17)21(26)24-18-11-13-19(14-12-18)29-15-16-7-5-4-6-8-16/h4-8,11-14,17,20-21,24,26H,9-10,15H2,1-3H3,(H,25,27)/t20-,21-/m0/s1. The molecule has 2 aromatic rings. The highest BCUT2D eigenvalue weighted by molar-refractivity contribution is 7.98. The Labute approximate surface area is 177 Å². The molecule has 1 aliphatic carbocycles. The summed E-state index contributed by atoms with van der Waals surface area (Å²) < 4.78 is 5.33. The Balaban J connectivity index is 1.53. The van der Waals surface area contributed by atoms with Gasteiger partial charge in [0.2, 0.25) is 0 Å². The maximum atomic E-state index is 12.1. The van der Waals surface area contributed by atoms with Crippen molar-refractivity contribution in [2.45, 2.75) is 62.1 Å². The van der Waals surface area contributed by atoms with Gasteiger partial charge in [0.15, 0.2) is 0 Å². The van der Waals surface area contributed by atoms with E-state index in [0.29, 0.717) is 0 Å². The molecule has 6 heteroatoms. The second-order valence-electron chi connectivity index (χ2n) is 8.40. The van der Waals surface area contributed by atoms with Crippen LogP contribution in [0.3, 0.4) is 0 Å². The largest absolute Gasteiger partial charge is 0.444 e. The third-order valence-corrected chi connectivity index (χ3v) is 5.65. The molecule has 1 amide bonds. The Kier molecular flexibility index (Phi) is 7.09. The van der Waals surface area contributed by atoms with E-state index in [1.165, 1.54) is 10.5 Å². The molecule has 0 spiro atoms. The van der Waals surface area contributed by atoms with Gasteiger partial charge >= 0.3 is 6.09 Å². The second kappa shape index (κ2) is 9.55. The SMILES string of the molecule is CC(C)(C)OC(=O)N[C@@H](C1CC1)[C@H](O)Nc1ccc(SCc2ccccc2)cc1. The third kappa shape index (κ3) is 7.29. The van der Waals surface area contributed by atoms with Crippen LogP contribution in [0.25, 0.3) is 0 Å². The summed E-state index contributed by atoms with van der Waals surface area (Å²) in [5.41, 5.74) is 1.54. The number of anilines is 1. The predicted molar refractivity (Wildman–Crippen MR) is 118 cm³/mol. The van der Waals surface area contributed by atoms with Crippen LogP contribution in [-0.4, -0.2) is 29.1 Å². The normalized spacial score (nSPS) is 16.0. The van der Waals surface area contributed by atoms with Gasteiger partial charge in [-0.15, -0.1) is 11.8 Å². The number of amides is 1. The number of thioether (sulfide) groups is 1. The second-order valence-corrected chi connectivity index (χ2v) is 9.45. The van der Waals surface area contributed by atoms with Gasteiger partial charge in [0.25, 0.3) is 0 Å². The molecule has 3 rings (SSSR count). The lowest BCUT2D eigenvalue weighted by Gasteiger charge is -2.27. The van der Waals surface area contributed by atoms with E-state index in [4.69, 9.17) is 4.74 Å². The maximum Gasteiger partial charge on any atom is 0.408 e. The molecule has 1 fully saturated rings. The minimum absolute atomic E-state index is 0.269. The van der Waals surface area contributed by atoms with Crippen molar-refractivity contribution in [3.05, 3.63) is 60.2 Å². The molecule has 0 saturated heterocycles. The fraction of sp³-hybridized carbons (Fsp3) is 0.435. The summed E-state index contributed by atoms with van der Waals surface area (Å²) in [5.74, 6) is 1.19. The van der Waals surface area contributed by atoms with Crippen LogP contribution in [-0.2, 0) is 10.5 Å². The zero-order valence-corrected chi connectivity index (χ0v) is 18.0. The molecule has 5 nitrogen and oxygen atoms in total. The number of aliphatic hydroxyl groups is 1. The molecular formula is C23H30N2O3S. The van der Waals surface area contributed by atoms with Crippen molar-refractivity contribution in [2.75, 3.05) is 5.32 Å². The van der Waals surface area contributed by atoms with Crippen LogP contribution in [0.2, 0.25) is 0 Å². The predicted octanol–water partition coefficient (Wildman–Crippen LogP) is 5.01. The van der Waals surface area contributed by atoms with Gasteiger partial charge in [0.1, 0.15) is 11.8 Å². The molecule has 0 aromatic heterocycles. The van der Waals surface area contributed by atoms with E-state index in [1.807, 2.05) is 63.2 Å². The minimum atomic E-state index is -0.877. The molecule has 2 atom stereocenters. The number of alkyl carbamates (subject to hydrolysis) is 1. The molecule has 0 radical (unpaired) electrons. The summed E-state index contributed by atoms with van der Waals surface area (Å²) in [6.45, 7) is 5.47. The van der Waals surface area contributed by atoms with E-state index in [-0.39, 0.29) is 12.0 Å². The first-order valence-corrected chi connectivity index (χ1v) is 11.0. The fourth-order valence-electron chi connectivity index (χ4n) is 3.00. The summed E-state index contributed by atoms with van der Waals surface area (Å²) in [7, 11) is 0. The summed E-state index contributed by atoms with van der Waals surface area (Å²) in [6, 6.07) is 18.0. The molecule has 0 heterocycles. The summed E-state index contributed by atoms with van der Waals surface area (Å²) in [4.78, 5) is 13.3. The van der Waals surface area contributed by atoms with Gasteiger partial charge in [-0.25, -0.2) is 4.79 Å². The van der Waals surface area contributed by atoms with Crippen molar-refractivity contribution < 1.29 is 14.6 Å². The van der Waals surface area contributed by atoms with E-state index >= 15 is 0 Å². The first-order valence-electron chi connectivity index (χ1n) is 10.0. The van der Waals surface area contributed by atoms with Gasteiger partial charge in [-0.05, 0) is 69.4 Å². The molecule has 1 saturated carbocycles. The highest BCUT2D eigenvalue weighted by atomic mass is 32.2. The average molecular weight is 415 g/mol. The van der Waals surface area contributed by atoms with Gasteiger partial charge in [0, 0.05) is 16.3 Å². The number of hydrogen-bond acceptors (Lipinski definition) is 5. The summed E-state index contributed by atoms with van der Waals surface area (Å²) in [6.07, 6.45) is 0.614. The van der Waals surface area contributed by atoms with Crippen LogP contribution >= 0.6 is 11.8 Å². The number of aliphatic hydroxyl groups excluding tert-OH is 1. The van der Waals surface area contributed by atoms with Crippen LogP contribution < -0.4 is 10.6 Å².